The second-order valence-corrected chi connectivity index (χ2v) is 4.99. The Hall–Kier alpha value is -0.810. The Labute approximate surface area is 103 Å². The average Bonchev–Trinajstić information content (AvgIpc) is 2.77. The van der Waals surface area contributed by atoms with Crippen LogP contribution in [-0.2, 0) is 4.74 Å². The van der Waals surface area contributed by atoms with E-state index in [2.05, 4.69) is 16.0 Å². The predicted octanol–water partition coefficient (Wildman–Crippen LogP) is 0.605. The van der Waals surface area contributed by atoms with E-state index in [0.717, 1.165) is 25.9 Å². The first-order valence-corrected chi connectivity index (χ1v) is 6.60. The van der Waals surface area contributed by atoms with E-state index in [1.807, 2.05) is 0 Å². The summed E-state index contributed by atoms with van der Waals surface area (Å²) in [7, 11) is 1.69. The van der Waals surface area contributed by atoms with Crippen molar-refractivity contribution in [3.8, 4) is 0 Å². The van der Waals surface area contributed by atoms with Gasteiger partial charge in [-0.05, 0) is 12.8 Å². The van der Waals surface area contributed by atoms with Crippen LogP contribution in [0.4, 0.5) is 4.79 Å². The lowest BCUT2D eigenvalue weighted by Gasteiger charge is -2.25. The number of nitrogens with one attached hydrogen (secondary N) is 3. The molecule has 1 saturated heterocycles. The molecule has 0 spiro atoms. The lowest BCUT2D eigenvalue weighted by Crippen LogP contribution is -2.50. The molecule has 2 rings (SSSR count). The van der Waals surface area contributed by atoms with Gasteiger partial charge in [0, 0.05) is 26.2 Å². The van der Waals surface area contributed by atoms with E-state index in [0.29, 0.717) is 6.04 Å². The smallest absolute Gasteiger partial charge is 0.315 e. The molecule has 5 heteroatoms. The highest BCUT2D eigenvalue weighted by Gasteiger charge is 2.28. The minimum absolute atomic E-state index is 0.0485. The zero-order valence-corrected chi connectivity index (χ0v) is 10.5. The Bertz CT molecular complexity index is 254. The van der Waals surface area contributed by atoms with E-state index in [4.69, 9.17) is 4.74 Å². The van der Waals surface area contributed by atoms with Crippen molar-refractivity contribution in [1.29, 1.82) is 0 Å². The number of urea groups is 1. The van der Waals surface area contributed by atoms with Crippen molar-refractivity contribution in [2.24, 2.45) is 0 Å². The Morgan fingerprint density at radius 3 is 2.65 bits per heavy atom. The van der Waals surface area contributed by atoms with E-state index in [1.54, 1.807) is 7.11 Å². The first-order valence-electron chi connectivity index (χ1n) is 6.60. The van der Waals surface area contributed by atoms with E-state index in [1.165, 1.54) is 19.3 Å². The Kier molecular flexibility index (Phi) is 4.62. The van der Waals surface area contributed by atoms with Gasteiger partial charge in [0.05, 0.1) is 12.1 Å². The third-order valence-corrected chi connectivity index (χ3v) is 3.72. The summed E-state index contributed by atoms with van der Waals surface area (Å²) in [5.74, 6) is 0. The molecule has 2 amide bonds. The van der Waals surface area contributed by atoms with Gasteiger partial charge in [-0.25, -0.2) is 4.79 Å². The van der Waals surface area contributed by atoms with Crippen LogP contribution in [0.2, 0.25) is 0 Å². The maximum absolute atomic E-state index is 11.8. The molecule has 0 radical (unpaired) electrons. The van der Waals surface area contributed by atoms with Crippen molar-refractivity contribution in [3.63, 3.8) is 0 Å². The summed E-state index contributed by atoms with van der Waals surface area (Å²) < 4.78 is 5.31. The lowest BCUT2D eigenvalue weighted by atomic mass is 9.96. The van der Waals surface area contributed by atoms with Crippen LogP contribution < -0.4 is 16.0 Å². The van der Waals surface area contributed by atoms with Crippen molar-refractivity contribution < 1.29 is 9.53 Å². The van der Waals surface area contributed by atoms with Crippen molar-refractivity contribution in [3.05, 3.63) is 0 Å². The van der Waals surface area contributed by atoms with Crippen LogP contribution in [0.3, 0.4) is 0 Å². The van der Waals surface area contributed by atoms with E-state index >= 15 is 0 Å². The zero-order valence-electron chi connectivity index (χ0n) is 10.5. The average molecular weight is 241 g/mol. The second-order valence-electron chi connectivity index (χ2n) is 4.99. The Morgan fingerprint density at radius 2 is 1.94 bits per heavy atom. The van der Waals surface area contributed by atoms with Crippen LogP contribution in [0, 0.1) is 0 Å². The summed E-state index contributed by atoms with van der Waals surface area (Å²) in [5.41, 5.74) is 0. The quantitative estimate of drug-likeness (QED) is 0.678. The fraction of sp³-hybridized carbons (Fsp3) is 0.917. The molecular weight excluding hydrogens is 218 g/mol. The number of rotatable bonds is 3. The van der Waals surface area contributed by atoms with Crippen LogP contribution in [-0.4, -0.2) is 44.4 Å². The normalized spacial score (nSPS) is 30.2. The van der Waals surface area contributed by atoms with Gasteiger partial charge in [0.25, 0.3) is 0 Å². The van der Waals surface area contributed by atoms with Crippen molar-refractivity contribution in [1.82, 2.24) is 16.0 Å². The van der Waals surface area contributed by atoms with Crippen LogP contribution in [0.1, 0.15) is 32.1 Å². The second kappa shape index (κ2) is 6.21. The van der Waals surface area contributed by atoms with Gasteiger partial charge in [-0.2, -0.15) is 0 Å². The van der Waals surface area contributed by atoms with Crippen LogP contribution in [0.5, 0.6) is 0 Å². The topological polar surface area (TPSA) is 62.4 Å². The Morgan fingerprint density at radius 1 is 1.18 bits per heavy atom. The van der Waals surface area contributed by atoms with Gasteiger partial charge < -0.3 is 20.7 Å². The summed E-state index contributed by atoms with van der Waals surface area (Å²) in [6.07, 6.45) is 6.09. The van der Waals surface area contributed by atoms with Gasteiger partial charge in [0.1, 0.15) is 0 Å². The van der Waals surface area contributed by atoms with Gasteiger partial charge in [-0.1, -0.05) is 19.3 Å². The molecule has 2 aliphatic rings. The molecule has 0 aromatic carbocycles. The molecule has 0 aromatic rings. The lowest BCUT2D eigenvalue weighted by molar-refractivity contribution is 0.0980. The molecule has 1 unspecified atom stereocenters. The molecule has 2 atom stereocenters. The predicted molar refractivity (Wildman–Crippen MR) is 66.0 cm³/mol. The molecule has 0 bridgehead atoms. The minimum Gasteiger partial charge on any atom is -0.378 e. The minimum atomic E-state index is -0.0485. The number of carbonyl (C=O) groups is 1. The largest absolute Gasteiger partial charge is 0.378 e. The number of amides is 2. The highest BCUT2D eigenvalue weighted by Crippen LogP contribution is 2.17. The molecule has 0 aromatic heterocycles. The van der Waals surface area contributed by atoms with Crippen molar-refractivity contribution in [2.45, 2.75) is 50.3 Å². The van der Waals surface area contributed by atoms with Crippen LogP contribution in [0.15, 0.2) is 0 Å². The van der Waals surface area contributed by atoms with Gasteiger partial charge in [0.15, 0.2) is 0 Å². The summed E-state index contributed by atoms with van der Waals surface area (Å²) in [4.78, 5) is 11.8. The number of methoxy groups -OCH3 is 1. The highest BCUT2D eigenvalue weighted by atomic mass is 16.5. The molecule has 17 heavy (non-hydrogen) atoms. The summed E-state index contributed by atoms with van der Waals surface area (Å²) in [6.45, 7) is 1.60. The number of carbonyl (C=O) groups excluding carboxylic acids is 1. The van der Waals surface area contributed by atoms with E-state index in [9.17, 15) is 4.79 Å². The molecule has 2 fully saturated rings. The standard InChI is InChI=1S/C12H23N3O2/c1-17-11-8-13-7-10(11)15-12(16)14-9-5-3-2-4-6-9/h9-11,13H,2-8H2,1H3,(H2,14,15,16)/t10?,11-/m1/s1. The molecular formula is C12H23N3O2. The molecule has 1 saturated carbocycles. The van der Waals surface area contributed by atoms with Gasteiger partial charge in [-0.3, -0.25) is 0 Å². The summed E-state index contributed by atoms with van der Waals surface area (Å²) >= 11 is 0. The monoisotopic (exact) mass is 241 g/mol. The molecule has 1 aliphatic carbocycles. The van der Waals surface area contributed by atoms with Gasteiger partial charge >= 0.3 is 6.03 Å². The third kappa shape index (κ3) is 3.57. The first-order chi connectivity index (χ1) is 8.29. The van der Waals surface area contributed by atoms with Crippen LogP contribution in [0.25, 0.3) is 0 Å². The van der Waals surface area contributed by atoms with E-state index in [-0.39, 0.29) is 18.2 Å². The zero-order chi connectivity index (χ0) is 12.1. The fourth-order valence-electron chi connectivity index (χ4n) is 2.69. The molecule has 98 valence electrons. The van der Waals surface area contributed by atoms with Crippen molar-refractivity contribution in [2.75, 3.05) is 20.2 Å². The van der Waals surface area contributed by atoms with Crippen LogP contribution >= 0.6 is 0 Å². The third-order valence-electron chi connectivity index (χ3n) is 3.72. The van der Waals surface area contributed by atoms with Gasteiger partial charge in [0.2, 0.25) is 0 Å². The van der Waals surface area contributed by atoms with Crippen molar-refractivity contribution >= 4 is 6.03 Å². The Balaban J connectivity index is 1.72. The van der Waals surface area contributed by atoms with E-state index < -0.39 is 0 Å². The molecule has 1 heterocycles. The number of hydrogen-bond donors (Lipinski definition) is 3. The maximum Gasteiger partial charge on any atom is 0.315 e. The fourth-order valence-corrected chi connectivity index (χ4v) is 2.69. The molecule has 3 N–H and O–H groups in total. The SMILES string of the molecule is CO[C@@H]1CNCC1NC(=O)NC1CCCCC1. The number of hydrogen-bond acceptors (Lipinski definition) is 3. The molecule has 5 nitrogen and oxygen atoms in total. The highest BCUT2D eigenvalue weighted by molar-refractivity contribution is 5.74. The summed E-state index contributed by atoms with van der Waals surface area (Å²) in [6, 6.07) is 0.398. The maximum atomic E-state index is 11.8. The molecule has 1 aliphatic heterocycles. The number of ether oxygens (including phenoxy) is 1. The summed E-state index contributed by atoms with van der Waals surface area (Å²) in [5, 5.41) is 9.26. The first kappa shape index (κ1) is 12.6. The van der Waals surface area contributed by atoms with Gasteiger partial charge in [-0.15, -0.1) is 0 Å².